The molecule has 0 aliphatic rings. The summed E-state index contributed by atoms with van der Waals surface area (Å²) in [5.74, 6) is -0.394. The SMILES string of the molecule is Cc1c(-n2ccn3c(S(=O)(=O)Cc4ccccc4-c4ccccc4)nnc3c2=O)cccc1C(F)(F)F. The molecule has 37 heavy (non-hydrogen) atoms. The van der Waals surface area contributed by atoms with Crippen LogP contribution in [0.2, 0.25) is 0 Å². The summed E-state index contributed by atoms with van der Waals surface area (Å²) in [6, 6.07) is 19.9. The standard InChI is InChI=1S/C26H19F3N4O3S/c1-17-21(26(27,28)29)12-7-13-22(17)32-14-15-33-23(24(32)34)30-31-25(33)37(35,36)16-19-10-5-6-11-20(19)18-8-3-2-4-9-18/h2-15H,16H2,1H3. The van der Waals surface area contributed by atoms with Crippen LogP contribution in [0.25, 0.3) is 22.5 Å². The van der Waals surface area contributed by atoms with E-state index < -0.39 is 38.0 Å². The van der Waals surface area contributed by atoms with Crippen molar-refractivity contribution in [3.8, 4) is 16.8 Å². The third-order valence-electron chi connectivity index (χ3n) is 6.04. The lowest BCUT2D eigenvalue weighted by Crippen LogP contribution is -2.22. The van der Waals surface area contributed by atoms with Crippen LogP contribution in [0.3, 0.4) is 0 Å². The van der Waals surface area contributed by atoms with Gasteiger partial charge in [0.05, 0.1) is 17.0 Å². The Kier molecular flexibility index (Phi) is 5.95. The molecule has 0 saturated heterocycles. The van der Waals surface area contributed by atoms with Crippen LogP contribution < -0.4 is 5.56 Å². The van der Waals surface area contributed by atoms with Crippen molar-refractivity contribution in [2.75, 3.05) is 0 Å². The first-order valence-corrected chi connectivity index (χ1v) is 12.7. The van der Waals surface area contributed by atoms with Crippen molar-refractivity contribution in [1.29, 1.82) is 0 Å². The Morgan fingerprint density at radius 2 is 1.57 bits per heavy atom. The normalized spacial score (nSPS) is 12.2. The van der Waals surface area contributed by atoms with Gasteiger partial charge >= 0.3 is 11.7 Å². The minimum absolute atomic E-state index is 0.00604. The molecule has 0 bridgehead atoms. The maximum absolute atomic E-state index is 13.4. The molecule has 0 N–H and O–H groups in total. The first-order valence-electron chi connectivity index (χ1n) is 11.1. The molecular formula is C26H19F3N4O3S. The molecule has 0 saturated carbocycles. The monoisotopic (exact) mass is 524 g/mol. The lowest BCUT2D eigenvalue weighted by molar-refractivity contribution is -0.138. The average Bonchev–Trinajstić information content (AvgIpc) is 3.31. The Labute approximate surface area is 209 Å². The summed E-state index contributed by atoms with van der Waals surface area (Å²) in [6.07, 6.45) is -2.13. The van der Waals surface area contributed by atoms with Crippen molar-refractivity contribution in [1.82, 2.24) is 19.2 Å². The number of sulfone groups is 1. The third-order valence-corrected chi connectivity index (χ3v) is 7.56. The molecule has 2 heterocycles. The summed E-state index contributed by atoms with van der Waals surface area (Å²) in [5, 5.41) is 7.11. The number of halogens is 3. The highest BCUT2D eigenvalue weighted by molar-refractivity contribution is 7.90. The second-order valence-corrected chi connectivity index (χ2v) is 10.3. The van der Waals surface area contributed by atoms with E-state index >= 15 is 0 Å². The van der Waals surface area contributed by atoms with Crippen molar-refractivity contribution in [3.05, 3.63) is 112 Å². The van der Waals surface area contributed by atoms with E-state index in [4.69, 9.17) is 0 Å². The lowest BCUT2D eigenvalue weighted by atomic mass is 10.0. The topological polar surface area (TPSA) is 86.3 Å². The molecule has 0 amide bonds. The maximum atomic E-state index is 13.4. The van der Waals surface area contributed by atoms with Crippen LogP contribution in [0, 0.1) is 6.92 Å². The Morgan fingerprint density at radius 1 is 0.865 bits per heavy atom. The van der Waals surface area contributed by atoms with Gasteiger partial charge in [-0.05, 0) is 41.3 Å². The molecule has 2 aromatic heterocycles. The van der Waals surface area contributed by atoms with Gasteiger partial charge in [0, 0.05) is 12.4 Å². The van der Waals surface area contributed by atoms with Crippen molar-refractivity contribution in [2.45, 2.75) is 24.0 Å². The van der Waals surface area contributed by atoms with Gasteiger partial charge in [0.25, 0.3) is 5.16 Å². The van der Waals surface area contributed by atoms with E-state index in [0.29, 0.717) is 5.56 Å². The summed E-state index contributed by atoms with van der Waals surface area (Å²) < 4.78 is 68.9. The number of rotatable bonds is 5. The van der Waals surface area contributed by atoms with Gasteiger partial charge in [-0.25, -0.2) is 8.42 Å². The van der Waals surface area contributed by atoms with E-state index in [9.17, 15) is 26.4 Å². The molecule has 0 aliphatic heterocycles. The van der Waals surface area contributed by atoms with Crippen LogP contribution in [-0.2, 0) is 21.8 Å². The van der Waals surface area contributed by atoms with Crippen molar-refractivity contribution >= 4 is 15.5 Å². The zero-order valence-electron chi connectivity index (χ0n) is 19.3. The Morgan fingerprint density at radius 3 is 2.30 bits per heavy atom. The molecule has 0 atom stereocenters. The Hall–Kier alpha value is -4.25. The minimum Gasteiger partial charge on any atom is -0.279 e. The van der Waals surface area contributed by atoms with E-state index in [1.807, 2.05) is 42.5 Å². The first kappa shape index (κ1) is 24.4. The number of alkyl halides is 3. The highest BCUT2D eigenvalue weighted by atomic mass is 32.2. The second-order valence-electron chi connectivity index (χ2n) is 8.38. The summed E-state index contributed by atoms with van der Waals surface area (Å²) in [5.41, 5.74) is -0.0192. The number of fused-ring (bicyclic) bond motifs is 1. The highest BCUT2D eigenvalue weighted by Gasteiger charge is 2.33. The fraction of sp³-hybridized carbons (Fsp3) is 0.115. The zero-order chi connectivity index (χ0) is 26.4. The molecule has 0 fully saturated rings. The molecule has 5 aromatic rings. The van der Waals surface area contributed by atoms with Crippen molar-refractivity contribution < 1.29 is 21.6 Å². The molecular weight excluding hydrogens is 505 g/mol. The minimum atomic E-state index is -4.60. The summed E-state index contributed by atoms with van der Waals surface area (Å²) in [6.45, 7) is 1.26. The van der Waals surface area contributed by atoms with Gasteiger partial charge in [-0.3, -0.25) is 13.8 Å². The van der Waals surface area contributed by atoms with Gasteiger partial charge in [0.1, 0.15) is 0 Å². The molecule has 188 valence electrons. The van der Waals surface area contributed by atoms with Gasteiger partial charge in [-0.15, -0.1) is 10.2 Å². The number of hydrogen-bond acceptors (Lipinski definition) is 5. The fourth-order valence-corrected chi connectivity index (χ4v) is 5.68. The predicted octanol–water partition coefficient (Wildman–Crippen LogP) is 4.85. The first-order chi connectivity index (χ1) is 17.6. The molecule has 7 nitrogen and oxygen atoms in total. The summed E-state index contributed by atoms with van der Waals surface area (Å²) in [7, 11) is -4.06. The molecule has 0 aliphatic carbocycles. The summed E-state index contributed by atoms with van der Waals surface area (Å²) in [4.78, 5) is 13.1. The van der Waals surface area contributed by atoms with E-state index in [1.54, 1.807) is 12.1 Å². The number of benzene rings is 3. The van der Waals surface area contributed by atoms with Gasteiger partial charge in [0.15, 0.2) is 0 Å². The van der Waals surface area contributed by atoms with Gasteiger partial charge in [-0.1, -0.05) is 60.7 Å². The van der Waals surface area contributed by atoms with Gasteiger partial charge < -0.3 is 0 Å². The molecule has 3 aromatic carbocycles. The van der Waals surface area contributed by atoms with Crippen LogP contribution >= 0.6 is 0 Å². The lowest BCUT2D eigenvalue weighted by Gasteiger charge is -2.15. The average molecular weight is 525 g/mol. The molecule has 5 rings (SSSR count). The second kappa shape index (κ2) is 9.00. The predicted molar refractivity (Wildman–Crippen MR) is 131 cm³/mol. The van der Waals surface area contributed by atoms with Crippen molar-refractivity contribution in [3.63, 3.8) is 0 Å². The Bertz CT molecular complexity index is 1790. The number of nitrogens with zero attached hydrogens (tertiary/aromatic N) is 4. The van der Waals surface area contributed by atoms with Gasteiger partial charge in [-0.2, -0.15) is 13.2 Å². The third kappa shape index (κ3) is 4.42. The van der Waals surface area contributed by atoms with E-state index in [1.165, 1.54) is 31.5 Å². The smallest absolute Gasteiger partial charge is 0.279 e. The van der Waals surface area contributed by atoms with Crippen LogP contribution in [0.4, 0.5) is 13.2 Å². The van der Waals surface area contributed by atoms with Crippen molar-refractivity contribution in [2.24, 2.45) is 0 Å². The largest absolute Gasteiger partial charge is 0.416 e. The number of aromatic nitrogens is 4. The Balaban J connectivity index is 1.57. The highest BCUT2D eigenvalue weighted by Crippen LogP contribution is 2.34. The quantitative estimate of drug-likeness (QED) is 0.328. The van der Waals surface area contributed by atoms with Crippen LogP contribution in [0.1, 0.15) is 16.7 Å². The maximum Gasteiger partial charge on any atom is 0.416 e. The van der Waals surface area contributed by atoms with Crippen LogP contribution in [0.5, 0.6) is 0 Å². The molecule has 0 unspecified atom stereocenters. The zero-order valence-corrected chi connectivity index (χ0v) is 20.2. The van der Waals surface area contributed by atoms with Crippen LogP contribution in [0.15, 0.2) is 95.1 Å². The number of hydrogen-bond donors (Lipinski definition) is 0. The molecule has 11 heteroatoms. The van der Waals surface area contributed by atoms with E-state index in [2.05, 4.69) is 10.2 Å². The summed E-state index contributed by atoms with van der Waals surface area (Å²) >= 11 is 0. The van der Waals surface area contributed by atoms with Gasteiger partial charge in [0.2, 0.25) is 15.5 Å². The van der Waals surface area contributed by atoms with E-state index in [0.717, 1.165) is 26.2 Å². The fourth-order valence-electron chi connectivity index (χ4n) is 4.27. The van der Waals surface area contributed by atoms with Crippen LogP contribution in [-0.4, -0.2) is 27.6 Å². The molecule has 0 spiro atoms. The van der Waals surface area contributed by atoms with E-state index in [-0.39, 0.29) is 16.9 Å². The molecule has 0 radical (unpaired) electrons.